The molecule has 0 atom stereocenters. The van der Waals surface area contributed by atoms with E-state index < -0.39 is 32.8 Å². The largest absolute Gasteiger partial charge is 0.343 e. The van der Waals surface area contributed by atoms with E-state index in [0.717, 1.165) is 10.7 Å². The van der Waals surface area contributed by atoms with Gasteiger partial charge in [-0.25, -0.2) is 13.9 Å². The number of nitrogens with zero attached hydrogens (tertiary/aromatic N) is 4. The number of anilines is 1. The van der Waals surface area contributed by atoms with Crippen LogP contribution in [0.25, 0.3) is 11.1 Å². The van der Waals surface area contributed by atoms with Crippen LogP contribution in [0.5, 0.6) is 0 Å². The van der Waals surface area contributed by atoms with E-state index in [2.05, 4.69) is 15.4 Å². The number of benzene rings is 1. The van der Waals surface area contributed by atoms with Crippen molar-refractivity contribution in [3.05, 3.63) is 59.8 Å². The van der Waals surface area contributed by atoms with Crippen molar-refractivity contribution in [2.45, 2.75) is 24.8 Å². The molecule has 0 fully saturated rings. The second-order valence-electron chi connectivity index (χ2n) is 8.06. The minimum atomic E-state index is -4.41. The Morgan fingerprint density at radius 1 is 1.17 bits per heavy atom. The van der Waals surface area contributed by atoms with Crippen LogP contribution in [0, 0.1) is 5.82 Å². The number of halogens is 1. The number of amides is 3. The summed E-state index contributed by atoms with van der Waals surface area (Å²) in [6.07, 6.45) is 3.07. The molecule has 35 heavy (non-hydrogen) atoms. The van der Waals surface area contributed by atoms with Crippen LogP contribution in [0.15, 0.2) is 47.8 Å². The van der Waals surface area contributed by atoms with Gasteiger partial charge < -0.3 is 10.2 Å². The van der Waals surface area contributed by atoms with Gasteiger partial charge in [-0.15, -0.1) is 0 Å². The predicted octanol–water partition coefficient (Wildman–Crippen LogP) is 2.58. The molecule has 181 valence electrons. The van der Waals surface area contributed by atoms with E-state index in [1.54, 1.807) is 18.3 Å². The first-order valence-corrected chi connectivity index (χ1v) is 11.7. The summed E-state index contributed by atoms with van der Waals surface area (Å²) < 4.78 is 42.9. The minimum Gasteiger partial charge on any atom is -0.343 e. The zero-order chi connectivity index (χ0) is 25.2. The number of hydrogen-bond donors (Lipinski definition) is 2. The number of carbonyl (C=O) groups excluding carboxylic acids is 2. The summed E-state index contributed by atoms with van der Waals surface area (Å²) in [5.41, 5.74) is 1.65. The molecular weight excluding hydrogens is 486 g/mol. The number of aryl methyl sites for hydroxylation is 1. The monoisotopic (exact) mass is 511 g/mol. The van der Waals surface area contributed by atoms with Crippen LogP contribution in [0.3, 0.4) is 0 Å². The molecule has 2 N–H and O–H groups in total. The maximum atomic E-state index is 14.4. The maximum Gasteiger partial charge on any atom is 0.333 e. The number of sulfonamides is 1. The van der Waals surface area contributed by atoms with Gasteiger partial charge in [0.15, 0.2) is 5.03 Å². The van der Waals surface area contributed by atoms with Gasteiger partial charge in [0.25, 0.3) is 15.9 Å². The van der Waals surface area contributed by atoms with Gasteiger partial charge in [0.2, 0.25) is 0 Å². The SMILES string of the molecule is CC(C)c1cc(F)cc(-c2cccnc2)c1NC(=O)NS(=O)(=O)c1cc(C(=O)N(C)C)n(C)n1.[Na]. The standard InChI is InChI=1S/C22H25FN6O4S.Na/c1-13(2)16-9-15(23)10-17(14-7-6-8-24-12-14)20(16)25-22(31)27-34(32,33)19-11-18(29(5)26-19)21(30)28(3)4;/h6-13H,1-5H3,(H2,25,27,31);. The molecule has 3 amide bonds. The normalized spacial score (nSPS) is 11.1. The van der Waals surface area contributed by atoms with Crippen LogP contribution >= 0.6 is 0 Å². The summed E-state index contributed by atoms with van der Waals surface area (Å²) >= 11 is 0. The van der Waals surface area contributed by atoms with Crippen molar-refractivity contribution >= 4 is 57.2 Å². The van der Waals surface area contributed by atoms with Crippen molar-refractivity contribution in [3.63, 3.8) is 0 Å². The predicted molar refractivity (Wildman–Crippen MR) is 130 cm³/mol. The van der Waals surface area contributed by atoms with Crippen molar-refractivity contribution in [1.82, 2.24) is 24.4 Å². The summed E-state index contributed by atoms with van der Waals surface area (Å²) in [5.74, 6) is -1.14. The van der Waals surface area contributed by atoms with Crippen LogP contribution in [-0.2, 0) is 17.1 Å². The number of nitrogens with one attached hydrogen (secondary N) is 2. The number of aromatic nitrogens is 3. The fourth-order valence-electron chi connectivity index (χ4n) is 3.29. The van der Waals surface area contributed by atoms with Crippen LogP contribution in [-0.4, -0.2) is 83.7 Å². The quantitative estimate of drug-likeness (QED) is 0.490. The number of hydrogen-bond acceptors (Lipinski definition) is 6. The molecule has 3 aromatic rings. The number of carbonyl (C=O) groups is 2. The Balaban J connectivity index is 0.00000432. The summed E-state index contributed by atoms with van der Waals surface area (Å²) in [7, 11) is 0.0455. The number of pyridine rings is 1. The molecule has 0 bridgehead atoms. The first kappa shape index (κ1) is 28.4. The van der Waals surface area contributed by atoms with Crippen molar-refractivity contribution in [3.8, 4) is 11.1 Å². The molecule has 1 aromatic carbocycles. The van der Waals surface area contributed by atoms with Crippen LogP contribution in [0.4, 0.5) is 14.9 Å². The van der Waals surface area contributed by atoms with Crippen molar-refractivity contribution in [1.29, 1.82) is 0 Å². The second-order valence-corrected chi connectivity index (χ2v) is 9.69. The Kier molecular flexibility index (Phi) is 9.17. The Morgan fingerprint density at radius 3 is 2.43 bits per heavy atom. The van der Waals surface area contributed by atoms with E-state index in [1.165, 1.54) is 44.4 Å². The smallest absolute Gasteiger partial charge is 0.333 e. The summed E-state index contributed by atoms with van der Waals surface area (Å²) in [6, 6.07) is 5.90. The molecule has 0 unspecified atom stereocenters. The van der Waals surface area contributed by atoms with E-state index in [4.69, 9.17) is 0 Å². The molecule has 13 heteroatoms. The van der Waals surface area contributed by atoms with E-state index in [-0.39, 0.29) is 46.9 Å². The fourth-order valence-corrected chi connectivity index (χ4v) is 4.18. The van der Waals surface area contributed by atoms with Gasteiger partial charge in [-0.3, -0.25) is 14.5 Å². The average Bonchev–Trinajstić information content (AvgIpc) is 3.16. The molecule has 0 saturated carbocycles. The second kappa shape index (κ2) is 11.3. The first-order chi connectivity index (χ1) is 15.9. The Bertz CT molecular complexity index is 1340. The van der Waals surface area contributed by atoms with E-state index in [0.29, 0.717) is 16.7 Å². The Morgan fingerprint density at radius 2 is 1.86 bits per heavy atom. The molecule has 10 nitrogen and oxygen atoms in total. The summed E-state index contributed by atoms with van der Waals surface area (Å²) in [4.78, 5) is 30.3. The van der Waals surface area contributed by atoms with Crippen LogP contribution in [0.2, 0.25) is 0 Å². The molecular formula is C22H25FN6NaO4S. The zero-order valence-electron chi connectivity index (χ0n) is 20.3. The molecule has 2 aromatic heterocycles. The van der Waals surface area contributed by atoms with E-state index in [1.807, 2.05) is 18.6 Å². The van der Waals surface area contributed by atoms with Crippen LogP contribution in [0.1, 0.15) is 35.8 Å². The maximum absolute atomic E-state index is 14.4. The van der Waals surface area contributed by atoms with Crippen LogP contribution < -0.4 is 10.0 Å². The molecule has 1 radical (unpaired) electrons. The fraction of sp³-hybridized carbons (Fsp3) is 0.273. The third kappa shape index (κ3) is 6.45. The number of rotatable bonds is 6. The Labute approximate surface area is 225 Å². The molecule has 0 saturated heterocycles. The van der Waals surface area contributed by atoms with Crippen molar-refractivity contribution < 1.29 is 22.4 Å². The number of urea groups is 1. The molecule has 0 spiro atoms. The molecule has 2 heterocycles. The van der Waals surface area contributed by atoms with Gasteiger partial charge in [-0.1, -0.05) is 19.9 Å². The van der Waals surface area contributed by atoms with Gasteiger partial charge >= 0.3 is 6.03 Å². The van der Waals surface area contributed by atoms with Crippen molar-refractivity contribution in [2.75, 3.05) is 19.4 Å². The summed E-state index contributed by atoms with van der Waals surface area (Å²) in [6.45, 7) is 3.64. The van der Waals surface area contributed by atoms with Gasteiger partial charge in [0, 0.05) is 80.3 Å². The van der Waals surface area contributed by atoms with E-state index >= 15 is 0 Å². The van der Waals surface area contributed by atoms with E-state index in [9.17, 15) is 22.4 Å². The van der Waals surface area contributed by atoms with Gasteiger partial charge in [-0.05, 0) is 29.7 Å². The summed E-state index contributed by atoms with van der Waals surface area (Å²) in [5, 5.41) is 5.90. The third-order valence-electron chi connectivity index (χ3n) is 4.95. The molecule has 0 aliphatic carbocycles. The first-order valence-electron chi connectivity index (χ1n) is 10.2. The van der Waals surface area contributed by atoms with Crippen molar-refractivity contribution in [2.24, 2.45) is 7.05 Å². The average molecular weight is 512 g/mol. The topological polar surface area (TPSA) is 126 Å². The third-order valence-corrected chi connectivity index (χ3v) is 6.16. The van der Waals surface area contributed by atoms with Gasteiger partial charge in [0.1, 0.15) is 11.5 Å². The van der Waals surface area contributed by atoms with Gasteiger partial charge in [-0.2, -0.15) is 13.5 Å². The molecule has 0 aliphatic rings. The molecule has 0 aliphatic heterocycles. The van der Waals surface area contributed by atoms with Gasteiger partial charge in [0.05, 0.1) is 5.69 Å². The molecule has 3 rings (SSSR count). The Hall–Kier alpha value is -2.80. The zero-order valence-corrected chi connectivity index (χ0v) is 23.1. The minimum absolute atomic E-state index is 0.